The summed E-state index contributed by atoms with van der Waals surface area (Å²) in [5.41, 5.74) is 0. The number of fused-ring (bicyclic) bond motifs is 1. The largest absolute Gasteiger partial charge is 0.205 e. The van der Waals surface area contributed by atoms with Gasteiger partial charge in [-0.15, -0.1) is 24.0 Å². The van der Waals surface area contributed by atoms with Crippen molar-refractivity contribution in [2.24, 2.45) is 0 Å². The molecule has 0 atom stereocenters. The van der Waals surface area contributed by atoms with Crippen molar-refractivity contribution in [2.45, 2.75) is 4.90 Å². The van der Waals surface area contributed by atoms with Gasteiger partial charge in [-0.25, -0.2) is 4.39 Å². The minimum Gasteiger partial charge on any atom is -0.205 e. The van der Waals surface area contributed by atoms with Gasteiger partial charge in [-0.1, -0.05) is 0 Å². The van der Waals surface area contributed by atoms with Crippen LogP contribution in [0.2, 0.25) is 0 Å². The zero-order chi connectivity index (χ0) is 9.42. The van der Waals surface area contributed by atoms with E-state index in [9.17, 15) is 4.39 Å². The van der Waals surface area contributed by atoms with Gasteiger partial charge in [0.2, 0.25) is 0 Å². The fourth-order valence-electron chi connectivity index (χ4n) is 1.15. The molecule has 64 valence electrons. The van der Waals surface area contributed by atoms with Crippen LogP contribution in [-0.2, 0) is 0 Å². The van der Waals surface area contributed by atoms with E-state index in [1.54, 1.807) is 12.1 Å². The molecular weight excluding hydrogens is 205 g/mol. The molecule has 1 nitrogen and oxygen atoms in total. The Labute approximate surface area is 83.8 Å². The van der Waals surface area contributed by atoms with E-state index < -0.39 is 0 Å². The third kappa shape index (κ3) is 1.41. The highest BCUT2D eigenvalue weighted by Crippen LogP contribution is 2.29. The molecule has 1 heterocycles. The van der Waals surface area contributed by atoms with E-state index in [-0.39, 0.29) is 5.82 Å². The Hall–Kier alpha value is -1.05. The summed E-state index contributed by atoms with van der Waals surface area (Å²) in [6.45, 7) is 0. The average Bonchev–Trinajstić information content (AvgIpc) is 2.47. The molecule has 0 fully saturated rings. The topological polar surface area (TPSA) is 23.8 Å². The van der Waals surface area contributed by atoms with Gasteiger partial charge in [-0.2, -0.15) is 5.26 Å². The van der Waals surface area contributed by atoms with Crippen LogP contribution in [-0.4, -0.2) is 0 Å². The highest BCUT2D eigenvalue weighted by atomic mass is 32.1. The zero-order valence-electron chi connectivity index (χ0n) is 6.41. The fourth-order valence-corrected chi connectivity index (χ4v) is 2.25. The molecule has 0 bridgehead atoms. The summed E-state index contributed by atoms with van der Waals surface area (Å²) in [6.07, 6.45) is 0. The minimum absolute atomic E-state index is 0.311. The smallest absolute Gasteiger partial charge is 0.142 e. The van der Waals surface area contributed by atoms with Crippen LogP contribution < -0.4 is 0 Å². The molecule has 0 N–H and O–H groups in total. The maximum absolute atomic E-state index is 13.2. The van der Waals surface area contributed by atoms with Gasteiger partial charge in [0.25, 0.3) is 0 Å². The first-order valence-electron chi connectivity index (χ1n) is 3.53. The van der Waals surface area contributed by atoms with Gasteiger partial charge in [0.15, 0.2) is 0 Å². The molecule has 0 aliphatic carbocycles. The van der Waals surface area contributed by atoms with Crippen molar-refractivity contribution in [3.8, 4) is 6.07 Å². The highest BCUT2D eigenvalue weighted by Gasteiger charge is 2.06. The Balaban J connectivity index is 2.84. The Kier molecular flexibility index (Phi) is 1.98. The number of halogens is 1. The molecule has 0 aliphatic rings. The van der Waals surface area contributed by atoms with Crippen LogP contribution in [0.15, 0.2) is 23.1 Å². The molecule has 0 radical (unpaired) electrons. The van der Waals surface area contributed by atoms with E-state index in [1.807, 2.05) is 6.07 Å². The van der Waals surface area contributed by atoms with Crippen LogP contribution in [0.4, 0.5) is 4.39 Å². The highest BCUT2D eigenvalue weighted by molar-refractivity contribution is 7.80. The molecule has 2 rings (SSSR count). The van der Waals surface area contributed by atoms with Crippen LogP contribution in [0.3, 0.4) is 0 Å². The van der Waals surface area contributed by atoms with Gasteiger partial charge in [0, 0.05) is 4.90 Å². The Morgan fingerprint density at radius 3 is 2.85 bits per heavy atom. The predicted octanol–water partition coefficient (Wildman–Crippen LogP) is 3.20. The van der Waals surface area contributed by atoms with Crippen molar-refractivity contribution in [3.05, 3.63) is 28.9 Å². The lowest BCUT2D eigenvalue weighted by atomic mass is 10.2. The number of hydrogen-bond acceptors (Lipinski definition) is 3. The Morgan fingerprint density at radius 2 is 2.15 bits per heavy atom. The number of rotatable bonds is 0. The number of thiophene rings is 1. The molecule has 0 amide bonds. The molecular formula is C9H4FNS2. The quantitative estimate of drug-likeness (QED) is 0.662. The van der Waals surface area contributed by atoms with Gasteiger partial charge in [-0.3, -0.25) is 0 Å². The van der Waals surface area contributed by atoms with Crippen LogP contribution >= 0.6 is 24.0 Å². The standard InChI is InChI=1S/C9H4FNS2/c10-8-3-6(12)1-5-2-7(4-11)13-9(5)8/h1-3,12H. The van der Waals surface area contributed by atoms with E-state index >= 15 is 0 Å². The molecule has 2 aromatic rings. The van der Waals surface area contributed by atoms with Gasteiger partial charge < -0.3 is 0 Å². The fraction of sp³-hybridized carbons (Fsp3) is 0. The summed E-state index contributed by atoms with van der Waals surface area (Å²) in [5, 5.41) is 9.36. The van der Waals surface area contributed by atoms with Gasteiger partial charge in [0.05, 0.1) is 4.70 Å². The lowest BCUT2D eigenvalue weighted by Crippen LogP contribution is -1.73. The lowest BCUT2D eigenvalue weighted by Gasteiger charge is -1.93. The minimum atomic E-state index is -0.311. The normalized spacial score (nSPS) is 10.2. The molecule has 0 spiro atoms. The number of benzene rings is 1. The second kappa shape index (κ2) is 3.02. The number of nitriles is 1. The summed E-state index contributed by atoms with van der Waals surface area (Å²) in [4.78, 5) is 1.10. The molecule has 0 saturated heterocycles. The molecule has 0 saturated carbocycles. The van der Waals surface area contributed by atoms with Crippen LogP contribution in [0.25, 0.3) is 10.1 Å². The van der Waals surface area contributed by atoms with Crippen molar-refractivity contribution >= 4 is 34.1 Å². The van der Waals surface area contributed by atoms with Gasteiger partial charge in [0.1, 0.15) is 16.8 Å². The number of nitrogens with zero attached hydrogens (tertiary/aromatic N) is 1. The van der Waals surface area contributed by atoms with Gasteiger partial charge >= 0.3 is 0 Å². The molecule has 1 aromatic carbocycles. The second-order valence-electron chi connectivity index (χ2n) is 2.57. The Bertz CT molecular complexity index is 510. The van der Waals surface area contributed by atoms with Crippen molar-refractivity contribution in [1.29, 1.82) is 5.26 Å². The van der Waals surface area contributed by atoms with Crippen molar-refractivity contribution in [1.82, 2.24) is 0 Å². The summed E-state index contributed by atoms with van der Waals surface area (Å²) < 4.78 is 13.8. The molecule has 0 aliphatic heterocycles. The first-order chi connectivity index (χ1) is 6.20. The SMILES string of the molecule is N#Cc1cc2cc(S)cc(F)c2s1. The van der Waals surface area contributed by atoms with Gasteiger partial charge in [-0.05, 0) is 23.6 Å². The summed E-state index contributed by atoms with van der Waals surface area (Å²) in [6, 6.07) is 6.76. The molecule has 0 unspecified atom stereocenters. The zero-order valence-corrected chi connectivity index (χ0v) is 8.12. The number of hydrogen-bond donors (Lipinski definition) is 1. The summed E-state index contributed by atoms with van der Waals surface area (Å²) in [5.74, 6) is -0.311. The van der Waals surface area contributed by atoms with E-state index in [4.69, 9.17) is 5.26 Å². The third-order valence-corrected chi connectivity index (χ3v) is 2.99. The van der Waals surface area contributed by atoms with E-state index in [2.05, 4.69) is 12.6 Å². The average molecular weight is 209 g/mol. The van der Waals surface area contributed by atoms with Crippen LogP contribution in [0, 0.1) is 17.1 Å². The van der Waals surface area contributed by atoms with E-state index in [0.717, 1.165) is 16.7 Å². The molecule has 1 aromatic heterocycles. The van der Waals surface area contributed by atoms with Crippen LogP contribution in [0.1, 0.15) is 4.88 Å². The predicted molar refractivity (Wildman–Crippen MR) is 53.8 cm³/mol. The maximum Gasteiger partial charge on any atom is 0.142 e. The van der Waals surface area contributed by atoms with Crippen LogP contribution in [0.5, 0.6) is 0 Å². The van der Waals surface area contributed by atoms with E-state index in [0.29, 0.717) is 14.5 Å². The third-order valence-electron chi connectivity index (χ3n) is 1.67. The molecule has 4 heteroatoms. The first kappa shape index (κ1) is 8.54. The number of thiol groups is 1. The second-order valence-corrected chi connectivity index (χ2v) is 4.14. The van der Waals surface area contributed by atoms with Crippen molar-refractivity contribution < 1.29 is 4.39 Å². The summed E-state index contributed by atoms with van der Waals surface area (Å²) in [7, 11) is 0. The maximum atomic E-state index is 13.2. The monoisotopic (exact) mass is 209 g/mol. The van der Waals surface area contributed by atoms with Crippen molar-refractivity contribution in [2.75, 3.05) is 0 Å². The lowest BCUT2D eigenvalue weighted by molar-refractivity contribution is 0.638. The molecule has 13 heavy (non-hydrogen) atoms. The van der Waals surface area contributed by atoms with Crippen molar-refractivity contribution in [3.63, 3.8) is 0 Å². The first-order valence-corrected chi connectivity index (χ1v) is 4.79. The van der Waals surface area contributed by atoms with E-state index in [1.165, 1.54) is 6.07 Å². The Morgan fingerprint density at radius 1 is 1.38 bits per heavy atom. The summed E-state index contributed by atoms with van der Waals surface area (Å²) >= 11 is 5.21.